The molecule has 0 bridgehead atoms. The van der Waals surface area contributed by atoms with Gasteiger partial charge in [0.05, 0.1) is 19.0 Å². The lowest BCUT2D eigenvalue weighted by Crippen LogP contribution is -2.38. The Labute approximate surface area is 211 Å². The summed E-state index contributed by atoms with van der Waals surface area (Å²) in [5.41, 5.74) is 3.79. The Hall–Kier alpha value is -4.09. The summed E-state index contributed by atoms with van der Waals surface area (Å²) >= 11 is 0. The van der Waals surface area contributed by atoms with Gasteiger partial charge in [0.25, 0.3) is 5.91 Å². The van der Waals surface area contributed by atoms with Crippen LogP contribution in [0.4, 0.5) is 19.0 Å². The highest BCUT2D eigenvalue weighted by atomic mass is 28.3. The lowest BCUT2D eigenvalue weighted by molar-refractivity contribution is -0.127. The maximum absolute atomic E-state index is 15.0. The molecule has 1 radical (unpaired) electrons. The second-order valence-corrected chi connectivity index (χ2v) is 10.5. The molecule has 1 aromatic carbocycles. The zero-order valence-corrected chi connectivity index (χ0v) is 21.2. The first-order chi connectivity index (χ1) is 17.6. The van der Waals surface area contributed by atoms with Gasteiger partial charge in [-0.25, -0.2) is 18.2 Å². The number of aromatic nitrogens is 4. The Morgan fingerprint density at radius 3 is 2.68 bits per heavy atom. The van der Waals surface area contributed by atoms with Gasteiger partial charge in [0.2, 0.25) is 14.9 Å². The molecule has 0 saturated carbocycles. The van der Waals surface area contributed by atoms with E-state index in [-0.39, 0.29) is 40.1 Å². The summed E-state index contributed by atoms with van der Waals surface area (Å²) < 4.78 is 52.3. The van der Waals surface area contributed by atoms with E-state index in [1.807, 2.05) is 0 Å². The standard InChI is InChI=1S/C23H23F3N7O3Si/c1-5-15(34)32-11-37(9-12(32)8-36-4)33-23(28-2)16(22(27)35)14(30-33)7-6-13-17(24)19(26)21-20(18(13)25)29-10-31(21)3/h5,10,12,28H,1,8-9,11H2,2-4H3,(H2,27,35)/t12-/m0/s1. The van der Waals surface area contributed by atoms with Crippen LogP contribution >= 0.6 is 0 Å². The fourth-order valence-electron chi connectivity index (χ4n) is 4.35. The minimum Gasteiger partial charge on any atom is -0.383 e. The predicted octanol–water partition coefficient (Wildman–Crippen LogP) is 1.15. The maximum Gasteiger partial charge on any atom is 0.255 e. The van der Waals surface area contributed by atoms with Crippen molar-refractivity contribution in [2.45, 2.75) is 12.1 Å². The zero-order chi connectivity index (χ0) is 27.0. The molecule has 3 heterocycles. The van der Waals surface area contributed by atoms with Gasteiger partial charge < -0.3 is 25.3 Å². The number of fused-ring (bicyclic) bond motifs is 1. The van der Waals surface area contributed by atoms with Crippen molar-refractivity contribution in [3.8, 4) is 11.8 Å². The van der Waals surface area contributed by atoms with Gasteiger partial charge in [0, 0.05) is 27.4 Å². The summed E-state index contributed by atoms with van der Waals surface area (Å²) in [5.74, 6) is -0.0701. The molecule has 0 spiro atoms. The van der Waals surface area contributed by atoms with Crippen LogP contribution < -0.4 is 11.1 Å². The number of nitrogens with zero attached hydrogens (tertiary/aromatic N) is 5. The highest BCUT2D eigenvalue weighted by Gasteiger charge is 2.40. The van der Waals surface area contributed by atoms with Gasteiger partial charge in [-0.15, -0.1) is 0 Å². The average molecular weight is 531 g/mol. The van der Waals surface area contributed by atoms with Crippen LogP contribution in [-0.4, -0.2) is 77.6 Å². The van der Waals surface area contributed by atoms with Crippen LogP contribution in [0, 0.1) is 29.3 Å². The first-order valence-electron chi connectivity index (χ1n) is 11.0. The van der Waals surface area contributed by atoms with Crippen molar-refractivity contribution in [3.63, 3.8) is 0 Å². The molecule has 3 aromatic rings. The van der Waals surface area contributed by atoms with E-state index in [0.717, 1.165) is 10.9 Å². The number of carbonyl (C=O) groups excluding carboxylic acids is 2. The van der Waals surface area contributed by atoms with Crippen LogP contribution in [-0.2, 0) is 16.6 Å². The molecule has 14 heteroatoms. The first kappa shape index (κ1) is 26.0. The summed E-state index contributed by atoms with van der Waals surface area (Å²) in [6.07, 6.45) is 2.69. The molecule has 193 valence electrons. The number of carbonyl (C=O) groups is 2. The molecule has 1 fully saturated rings. The molecule has 2 amide bonds. The number of aryl methyl sites for hydroxylation is 1. The normalized spacial score (nSPS) is 15.6. The number of amides is 2. The first-order valence-corrected chi connectivity index (χ1v) is 12.9. The van der Waals surface area contributed by atoms with Gasteiger partial charge in [0.1, 0.15) is 33.7 Å². The molecule has 4 rings (SSSR count). The number of hydrogen-bond donors (Lipinski definition) is 2. The zero-order valence-electron chi connectivity index (χ0n) is 20.2. The monoisotopic (exact) mass is 530 g/mol. The number of anilines is 1. The Bertz CT molecular complexity index is 1490. The SMILES string of the molecule is C=CC(=O)N1C[Si](n2nc(C#Cc3c(F)c(F)c4c(ncn4C)c3F)c(C(N)=O)c2NC)C[C@@H]1COC. The Morgan fingerprint density at radius 1 is 1.32 bits per heavy atom. The van der Waals surface area contributed by atoms with Crippen molar-refractivity contribution in [1.82, 2.24) is 23.9 Å². The number of imidazole rings is 1. The van der Waals surface area contributed by atoms with Gasteiger partial charge in [-0.1, -0.05) is 12.5 Å². The van der Waals surface area contributed by atoms with E-state index in [1.165, 1.54) is 20.2 Å². The average Bonchev–Trinajstić information content (AvgIpc) is 3.57. The van der Waals surface area contributed by atoms with Gasteiger partial charge in [-0.3, -0.25) is 13.9 Å². The fourth-order valence-corrected chi connectivity index (χ4v) is 7.26. The number of ether oxygens (including phenoxy) is 1. The van der Waals surface area contributed by atoms with E-state index in [4.69, 9.17) is 10.5 Å². The second-order valence-electron chi connectivity index (χ2n) is 8.27. The predicted molar refractivity (Wildman–Crippen MR) is 130 cm³/mol. The molecule has 3 N–H and O–H groups in total. The van der Waals surface area contributed by atoms with Crippen molar-refractivity contribution in [3.05, 3.63) is 53.3 Å². The van der Waals surface area contributed by atoms with E-state index in [0.29, 0.717) is 18.8 Å². The number of methoxy groups -OCH3 is 1. The Kier molecular flexibility index (Phi) is 7.10. The van der Waals surface area contributed by atoms with Gasteiger partial charge >= 0.3 is 0 Å². The number of benzene rings is 1. The minimum absolute atomic E-state index is 0.0931. The highest BCUT2D eigenvalue weighted by Crippen LogP contribution is 2.28. The third-order valence-corrected chi connectivity index (χ3v) is 8.61. The van der Waals surface area contributed by atoms with E-state index in [2.05, 4.69) is 33.8 Å². The lowest BCUT2D eigenvalue weighted by Gasteiger charge is -2.22. The summed E-state index contributed by atoms with van der Waals surface area (Å²) in [7, 11) is 2.84. The van der Waals surface area contributed by atoms with Crippen molar-refractivity contribution in [2.24, 2.45) is 12.8 Å². The van der Waals surface area contributed by atoms with Crippen molar-refractivity contribution < 1.29 is 27.5 Å². The van der Waals surface area contributed by atoms with Crippen LogP contribution in [0.25, 0.3) is 11.0 Å². The van der Waals surface area contributed by atoms with E-state index in [1.54, 1.807) is 16.3 Å². The summed E-state index contributed by atoms with van der Waals surface area (Å²) in [6.45, 7) is 3.83. The van der Waals surface area contributed by atoms with Crippen LogP contribution in [0.2, 0.25) is 6.04 Å². The van der Waals surface area contributed by atoms with Crippen molar-refractivity contribution >= 4 is 37.6 Å². The Morgan fingerprint density at radius 2 is 2.05 bits per heavy atom. The quantitative estimate of drug-likeness (QED) is 0.214. The van der Waals surface area contributed by atoms with Crippen LogP contribution in [0.15, 0.2) is 19.0 Å². The van der Waals surface area contributed by atoms with Crippen molar-refractivity contribution in [1.29, 1.82) is 0 Å². The van der Waals surface area contributed by atoms with E-state index >= 15 is 0 Å². The second kappa shape index (κ2) is 10.1. The highest BCUT2D eigenvalue weighted by molar-refractivity contribution is 6.59. The minimum atomic E-state index is -1.65. The van der Waals surface area contributed by atoms with Crippen LogP contribution in [0.5, 0.6) is 0 Å². The molecule has 2 aromatic heterocycles. The Balaban J connectivity index is 1.81. The number of rotatable bonds is 6. The van der Waals surface area contributed by atoms with Gasteiger partial charge in [0.15, 0.2) is 17.5 Å². The number of hydrogen-bond acceptors (Lipinski definition) is 6. The lowest BCUT2D eigenvalue weighted by atomic mass is 10.1. The van der Waals surface area contributed by atoms with Crippen LogP contribution in [0.1, 0.15) is 21.6 Å². The molecule has 0 aliphatic carbocycles. The number of halogens is 3. The molecule has 1 aliphatic rings. The van der Waals surface area contributed by atoms with E-state index in [9.17, 15) is 22.8 Å². The van der Waals surface area contributed by atoms with Crippen molar-refractivity contribution in [2.75, 3.05) is 32.2 Å². The molecule has 1 aliphatic heterocycles. The number of primary amides is 1. The fraction of sp³-hybridized carbons (Fsp3) is 0.304. The summed E-state index contributed by atoms with van der Waals surface area (Å²) in [6, 6.07) is 0.297. The topological polar surface area (TPSA) is 120 Å². The molecular formula is C23H23F3N7O3Si. The summed E-state index contributed by atoms with van der Waals surface area (Å²) in [4.78, 5) is 30.1. The number of nitrogens with two attached hydrogens (primary N) is 1. The number of nitrogens with one attached hydrogen (secondary N) is 1. The van der Waals surface area contributed by atoms with Crippen LogP contribution in [0.3, 0.4) is 0 Å². The van der Waals surface area contributed by atoms with Gasteiger partial charge in [-0.05, 0) is 18.0 Å². The molecule has 0 unspecified atom stereocenters. The molecule has 1 saturated heterocycles. The molecule has 1 atom stereocenters. The molecular weight excluding hydrogens is 507 g/mol. The third-order valence-electron chi connectivity index (χ3n) is 6.04. The smallest absolute Gasteiger partial charge is 0.255 e. The van der Waals surface area contributed by atoms with E-state index < -0.39 is 37.9 Å². The maximum atomic E-state index is 15.0. The third kappa shape index (κ3) is 4.36. The molecule has 37 heavy (non-hydrogen) atoms. The largest absolute Gasteiger partial charge is 0.383 e. The van der Waals surface area contributed by atoms with Gasteiger partial charge in [-0.2, -0.15) is 5.10 Å². The molecule has 10 nitrogen and oxygen atoms in total. The summed E-state index contributed by atoms with van der Waals surface area (Å²) in [5, 5.41) is 7.31.